The van der Waals surface area contributed by atoms with E-state index in [9.17, 15) is 15.2 Å². The van der Waals surface area contributed by atoms with Gasteiger partial charge in [-0.15, -0.1) is 0 Å². The molecule has 0 aliphatic heterocycles. The molecule has 0 unspecified atom stereocenters. The number of hydrogen-bond acceptors (Lipinski definition) is 5. The van der Waals surface area contributed by atoms with E-state index in [1.165, 1.54) is 25.3 Å². The van der Waals surface area contributed by atoms with Crippen molar-refractivity contribution in [2.24, 2.45) is 0 Å². The smallest absolute Gasteiger partial charge is 0.292 e. The number of anilines is 2. The number of methoxy groups -OCH3 is 1. The van der Waals surface area contributed by atoms with Crippen molar-refractivity contribution in [2.45, 2.75) is 0 Å². The Morgan fingerprint density at radius 3 is 2.74 bits per heavy atom. The molecule has 2 aromatic rings. The average Bonchev–Trinajstić information content (AvgIpc) is 2.38. The zero-order chi connectivity index (χ0) is 13.8. The van der Waals surface area contributed by atoms with Crippen molar-refractivity contribution >= 4 is 17.1 Å². The first kappa shape index (κ1) is 12.7. The van der Waals surface area contributed by atoms with Crippen molar-refractivity contribution in [3.63, 3.8) is 0 Å². The number of aromatic hydroxyl groups is 1. The molecule has 0 spiro atoms. The van der Waals surface area contributed by atoms with Gasteiger partial charge >= 0.3 is 0 Å². The van der Waals surface area contributed by atoms with Crippen LogP contribution in [0.4, 0.5) is 17.1 Å². The van der Waals surface area contributed by atoms with Crippen LogP contribution in [0.2, 0.25) is 0 Å². The van der Waals surface area contributed by atoms with Gasteiger partial charge in [0, 0.05) is 23.9 Å². The highest BCUT2D eigenvalue weighted by molar-refractivity contribution is 5.71. The van der Waals surface area contributed by atoms with Gasteiger partial charge in [-0.2, -0.15) is 0 Å². The van der Waals surface area contributed by atoms with E-state index in [0.29, 0.717) is 11.4 Å². The van der Waals surface area contributed by atoms with E-state index in [2.05, 4.69) is 5.32 Å². The number of hydrogen-bond donors (Lipinski definition) is 2. The number of phenolic OH excluding ortho intramolecular Hbond substituents is 1. The number of benzene rings is 2. The van der Waals surface area contributed by atoms with Gasteiger partial charge in [0.1, 0.15) is 17.2 Å². The maximum Gasteiger partial charge on any atom is 0.292 e. The molecule has 6 nitrogen and oxygen atoms in total. The summed E-state index contributed by atoms with van der Waals surface area (Å²) in [6.07, 6.45) is 0. The molecule has 0 aliphatic carbocycles. The van der Waals surface area contributed by atoms with Gasteiger partial charge in [-0.05, 0) is 18.2 Å². The molecule has 0 bridgehead atoms. The van der Waals surface area contributed by atoms with Crippen LogP contribution in [0.3, 0.4) is 0 Å². The highest BCUT2D eigenvalue weighted by Gasteiger charge is 2.14. The van der Waals surface area contributed by atoms with Crippen molar-refractivity contribution in [1.29, 1.82) is 0 Å². The zero-order valence-electron chi connectivity index (χ0n) is 10.2. The first-order valence-corrected chi connectivity index (χ1v) is 5.48. The Morgan fingerprint density at radius 2 is 2.05 bits per heavy atom. The standard InChI is InChI=1S/C13H12N2O4/c1-19-11-4-2-3-9(7-11)14-12-8-10(16)5-6-13(12)15(17)18/h2-8,14,16H,1H3. The van der Waals surface area contributed by atoms with E-state index in [1.807, 2.05) is 0 Å². The number of nitro groups is 1. The van der Waals surface area contributed by atoms with Crippen LogP contribution in [0, 0.1) is 10.1 Å². The number of nitro benzene ring substituents is 1. The molecule has 0 aliphatic rings. The number of nitrogens with one attached hydrogen (secondary N) is 1. The topological polar surface area (TPSA) is 84.6 Å². The van der Waals surface area contributed by atoms with Crippen LogP contribution in [0.25, 0.3) is 0 Å². The molecule has 0 amide bonds. The summed E-state index contributed by atoms with van der Waals surface area (Å²) in [5.74, 6) is 0.587. The molecule has 0 saturated carbocycles. The lowest BCUT2D eigenvalue weighted by molar-refractivity contribution is -0.383. The van der Waals surface area contributed by atoms with Gasteiger partial charge < -0.3 is 15.2 Å². The normalized spacial score (nSPS) is 9.95. The fourth-order valence-electron chi connectivity index (χ4n) is 1.64. The Kier molecular flexibility index (Phi) is 3.51. The van der Waals surface area contributed by atoms with Crippen LogP contribution in [-0.4, -0.2) is 17.1 Å². The van der Waals surface area contributed by atoms with Crippen molar-refractivity contribution in [3.8, 4) is 11.5 Å². The van der Waals surface area contributed by atoms with Gasteiger partial charge in [0.2, 0.25) is 0 Å². The van der Waals surface area contributed by atoms with E-state index in [-0.39, 0.29) is 17.1 Å². The number of nitrogens with zero attached hydrogens (tertiary/aromatic N) is 1. The largest absolute Gasteiger partial charge is 0.508 e. The third kappa shape index (κ3) is 2.92. The van der Waals surface area contributed by atoms with Crippen LogP contribution in [0.5, 0.6) is 11.5 Å². The van der Waals surface area contributed by atoms with E-state index < -0.39 is 4.92 Å². The zero-order valence-corrected chi connectivity index (χ0v) is 10.2. The SMILES string of the molecule is COc1cccc(Nc2cc(O)ccc2[N+](=O)[O-])c1. The number of phenols is 1. The Bertz CT molecular complexity index is 613. The van der Waals surface area contributed by atoms with Gasteiger partial charge in [-0.25, -0.2) is 0 Å². The first-order valence-electron chi connectivity index (χ1n) is 5.48. The average molecular weight is 260 g/mol. The summed E-state index contributed by atoms with van der Waals surface area (Å²) in [7, 11) is 1.54. The van der Waals surface area contributed by atoms with Crippen molar-refractivity contribution in [1.82, 2.24) is 0 Å². The molecule has 6 heteroatoms. The van der Waals surface area contributed by atoms with E-state index in [1.54, 1.807) is 24.3 Å². The molecular weight excluding hydrogens is 248 g/mol. The molecule has 98 valence electrons. The quantitative estimate of drug-likeness (QED) is 0.652. The highest BCUT2D eigenvalue weighted by Crippen LogP contribution is 2.31. The molecule has 0 atom stereocenters. The predicted octanol–water partition coefficient (Wildman–Crippen LogP) is 3.05. The summed E-state index contributed by atoms with van der Waals surface area (Å²) >= 11 is 0. The maximum absolute atomic E-state index is 10.9. The molecular formula is C13H12N2O4. The predicted molar refractivity (Wildman–Crippen MR) is 71.0 cm³/mol. The minimum absolute atomic E-state index is 0.0454. The van der Waals surface area contributed by atoms with Crippen molar-refractivity contribution in [2.75, 3.05) is 12.4 Å². The molecule has 0 aromatic heterocycles. The van der Waals surface area contributed by atoms with Crippen molar-refractivity contribution < 1.29 is 14.8 Å². The third-order valence-electron chi connectivity index (χ3n) is 2.53. The summed E-state index contributed by atoms with van der Waals surface area (Å²) in [6.45, 7) is 0. The van der Waals surface area contributed by atoms with Crippen LogP contribution in [0.1, 0.15) is 0 Å². The van der Waals surface area contributed by atoms with Gasteiger partial charge in [0.05, 0.1) is 12.0 Å². The van der Waals surface area contributed by atoms with E-state index in [4.69, 9.17) is 4.74 Å². The van der Waals surface area contributed by atoms with Gasteiger partial charge in [0.25, 0.3) is 5.69 Å². The Labute approximate surface area is 109 Å². The third-order valence-corrected chi connectivity index (χ3v) is 2.53. The van der Waals surface area contributed by atoms with Gasteiger partial charge in [-0.1, -0.05) is 6.07 Å². The molecule has 0 saturated heterocycles. The molecule has 2 aromatic carbocycles. The summed E-state index contributed by atoms with van der Waals surface area (Å²) in [6, 6.07) is 10.8. The summed E-state index contributed by atoms with van der Waals surface area (Å²) < 4.78 is 5.07. The second-order valence-corrected chi connectivity index (χ2v) is 3.82. The van der Waals surface area contributed by atoms with Gasteiger partial charge in [-0.3, -0.25) is 10.1 Å². The summed E-state index contributed by atoms with van der Waals surface area (Å²) in [5.41, 5.74) is 0.743. The fraction of sp³-hybridized carbons (Fsp3) is 0.0769. The number of ether oxygens (including phenoxy) is 1. The minimum atomic E-state index is -0.512. The van der Waals surface area contributed by atoms with Crippen LogP contribution < -0.4 is 10.1 Å². The van der Waals surface area contributed by atoms with E-state index in [0.717, 1.165) is 0 Å². The molecule has 0 fully saturated rings. The minimum Gasteiger partial charge on any atom is -0.508 e. The van der Waals surface area contributed by atoms with Crippen molar-refractivity contribution in [3.05, 3.63) is 52.6 Å². The Hall–Kier alpha value is -2.76. The second kappa shape index (κ2) is 5.26. The van der Waals surface area contributed by atoms with Crippen LogP contribution >= 0.6 is 0 Å². The van der Waals surface area contributed by atoms with Gasteiger partial charge in [0.15, 0.2) is 0 Å². The molecule has 0 radical (unpaired) electrons. The number of rotatable bonds is 4. The Balaban J connectivity index is 2.36. The van der Waals surface area contributed by atoms with Crippen LogP contribution in [0.15, 0.2) is 42.5 Å². The molecule has 0 heterocycles. The van der Waals surface area contributed by atoms with E-state index >= 15 is 0 Å². The van der Waals surface area contributed by atoms with Crippen LogP contribution in [-0.2, 0) is 0 Å². The second-order valence-electron chi connectivity index (χ2n) is 3.82. The molecule has 2 N–H and O–H groups in total. The summed E-state index contributed by atoms with van der Waals surface area (Å²) in [5, 5.41) is 23.2. The maximum atomic E-state index is 10.9. The first-order chi connectivity index (χ1) is 9.10. The Morgan fingerprint density at radius 1 is 1.26 bits per heavy atom. The fourth-order valence-corrected chi connectivity index (χ4v) is 1.64. The lowest BCUT2D eigenvalue weighted by Gasteiger charge is -2.08. The molecule has 2 rings (SSSR count). The molecule has 19 heavy (non-hydrogen) atoms. The summed E-state index contributed by atoms with van der Waals surface area (Å²) in [4.78, 5) is 10.4. The highest BCUT2D eigenvalue weighted by atomic mass is 16.6. The lowest BCUT2D eigenvalue weighted by Crippen LogP contribution is -1.97. The monoisotopic (exact) mass is 260 g/mol. The lowest BCUT2D eigenvalue weighted by atomic mass is 10.2.